The minimum absolute atomic E-state index is 1.05. The summed E-state index contributed by atoms with van der Waals surface area (Å²) in [6, 6.07) is 0. The minimum atomic E-state index is 1.05. The molecule has 0 bridgehead atoms. The van der Waals surface area contributed by atoms with Crippen LogP contribution in [0.1, 0.15) is 13.3 Å². The van der Waals surface area contributed by atoms with Gasteiger partial charge in [-0.15, -0.1) is 0 Å². The summed E-state index contributed by atoms with van der Waals surface area (Å²) in [5.41, 5.74) is 0. The molecule has 0 aromatic heterocycles. The maximum atomic E-state index is 3.09. The van der Waals surface area contributed by atoms with Gasteiger partial charge in [-0.3, -0.25) is 0 Å². The quantitative estimate of drug-likeness (QED) is 0.525. The second-order valence-electron chi connectivity index (χ2n) is 1.58. The summed E-state index contributed by atoms with van der Waals surface area (Å²) < 4.78 is 0. The van der Waals surface area contributed by atoms with Gasteiger partial charge in [0, 0.05) is 26.0 Å². The smallest absolute Gasteiger partial charge is 0.0139 e. The van der Waals surface area contributed by atoms with Crippen molar-refractivity contribution < 1.29 is 0 Å². The summed E-state index contributed by atoms with van der Waals surface area (Å²) in [6.45, 7) is 3.19. The highest BCUT2D eigenvalue weighted by molar-refractivity contribution is 4.74. The van der Waals surface area contributed by atoms with Crippen molar-refractivity contribution in [1.82, 2.24) is 10.6 Å². The predicted molar refractivity (Wildman–Crippen MR) is 36.5 cm³/mol. The van der Waals surface area contributed by atoms with E-state index in [-0.39, 0.29) is 0 Å². The van der Waals surface area contributed by atoms with Gasteiger partial charge in [0.05, 0.1) is 0 Å². The second-order valence-corrected chi connectivity index (χ2v) is 1.58. The van der Waals surface area contributed by atoms with Gasteiger partial charge in [-0.1, -0.05) is 6.92 Å². The fraction of sp³-hybridized carbons (Fsp3) is 0.667. The molecule has 0 aliphatic carbocycles. The van der Waals surface area contributed by atoms with Crippen LogP contribution in [0.3, 0.4) is 0 Å². The molecule has 0 aliphatic rings. The third-order valence-corrected chi connectivity index (χ3v) is 0.762. The highest BCUT2D eigenvalue weighted by Gasteiger charge is 1.69. The van der Waals surface area contributed by atoms with E-state index in [1.165, 1.54) is 6.42 Å². The Morgan fingerprint density at radius 1 is 1.38 bits per heavy atom. The molecule has 48 valence electrons. The number of hydrogen-bond donors (Lipinski definition) is 2. The van der Waals surface area contributed by atoms with E-state index in [9.17, 15) is 0 Å². The lowest BCUT2D eigenvalue weighted by molar-refractivity contribution is 0.803. The number of hydrogen-bond acceptors (Lipinski definition) is 2. The molecule has 2 heteroatoms. The molecule has 0 unspecified atom stereocenters. The van der Waals surface area contributed by atoms with Crippen molar-refractivity contribution in [2.75, 3.05) is 13.6 Å². The van der Waals surface area contributed by atoms with Gasteiger partial charge < -0.3 is 10.6 Å². The molecule has 2 N–H and O–H groups in total. The van der Waals surface area contributed by atoms with Crippen LogP contribution in [0.15, 0.2) is 12.4 Å². The molecular weight excluding hydrogens is 100 g/mol. The molecular formula is C6H14N2. The van der Waals surface area contributed by atoms with Gasteiger partial charge in [0.25, 0.3) is 0 Å². The topological polar surface area (TPSA) is 24.1 Å². The monoisotopic (exact) mass is 114 g/mol. The maximum Gasteiger partial charge on any atom is 0.0139 e. The number of nitrogens with one attached hydrogen (secondary N) is 2. The SMILES string of the molecule is CCCN/C=C\NC. The number of rotatable bonds is 4. The molecule has 0 rings (SSSR count). The highest BCUT2D eigenvalue weighted by atomic mass is 14.9. The van der Waals surface area contributed by atoms with E-state index in [0.717, 1.165) is 6.54 Å². The summed E-state index contributed by atoms with van der Waals surface area (Å²) in [5.74, 6) is 0. The molecule has 0 aromatic carbocycles. The van der Waals surface area contributed by atoms with Crippen molar-refractivity contribution in [2.45, 2.75) is 13.3 Å². The Bertz CT molecular complexity index is 59.5. The minimum Gasteiger partial charge on any atom is -0.393 e. The Labute approximate surface area is 51.0 Å². The Kier molecular flexibility index (Phi) is 5.82. The van der Waals surface area contributed by atoms with Crippen LogP contribution in [0.25, 0.3) is 0 Å². The molecule has 0 spiro atoms. The molecule has 8 heavy (non-hydrogen) atoms. The van der Waals surface area contributed by atoms with E-state index in [0.29, 0.717) is 0 Å². The van der Waals surface area contributed by atoms with E-state index in [2.05, 4.69) is 17.6 Å². The van der Waals surface area contributed by atoms with Gasteiger partial charge in [-0.25, -0.2) is 0 Å². The lowest BCUT2D eigenvalue weighted by Crippen LogP contribution is -2.06. The van der Waals surface area contributed by atoms with Crippen molar-refractivity contribution >= 4 is 0 Å². The van der Waals surface area contributed by atoms with Crippen molar-refractivity contribution in [3.63, 3.8) is 0 Å². The van der Waals surface area contributed by atoms with E-state index in [1.54, 1.807) is 0 Å². The largest absolute Gasteiger partial charge is 0.393 e. The fourth-order valence-corrected chi connectivity index (χ4v) is 0.370. The summed E-state index contributed by atoms with van der Waals surface area (Å²) in [5, 5.41) is 5.98. The van der Waals surface area contributed by atoms with Crippen molar-refractivity contribution in [1.29, 1.82) is 0 Å². The van der Waals surface area contributed by atoms with Crippen LogP contribution >= 0.6 is 0 Å². The lowest BCUT2D eigenvalue weighted by Gasteiger charge is -1.93. The van der Waals surface area contributed by atoms with E-state index < -0.39 is 0 Å². The first-order chi connectivity index (χ1) is 3.91. The first kappa shape index (κ1) is 7.34. The fourth-order valence-electron chi connectivity index (χ4n) is 0.370. The van der Waals surface area contributed by atoms with Crippen LogP contribution in [0.2, 0.25) is 0 Å². The summed E-state index contributed by atoms with van der Waals surface area (Å²) in [4.78, 5) is 0. The summed E-state index contributed by atoms with van der Waals surface area (Å²) in [6.07, 6.45) is 4.95. The van der Waals surface area contributed by atoms with Crippen molar-refractivity contribution in [3.05, 3.63) is 12.4 Å². The van der Waals surface area contributed by atoms with Gasteiger partial charge in [0.2, 0.25) is 0 Å². The third-order valence-electron chi connectivity index (χ3n) is 0.762. The van der Waals surface area contributed by atoms with Crippen molar-refractivity contribution in [3.8, 4) is 0 Å². The molecule has 0 saturated heterocycles. The Morgan fingerprint density at radius 3 is 2.62 bits per heavy atom. The zero-order chi connectivity index (χ0) is 6.24. The zero-order valence-corrected chi connectivity index (χ0v) is 5.57. The molecule has 0 heterocycles. The molecule has 0 radical (unpaired) electrons. The normalized spacial score (nSPS) is 9.75. The summed E-state index contributed by atoms with van der Waals surface area (Å²) in [7, 11) is 1.88. The van der Waals surface area contributed by atoms with Crippen LogP contribution in [0.4, 0.5) is 0 Å². The van der Waals surface area contributed by atoms with Gasteiger partial charge in [-0.05, 0) is 6.42 Å². The first-order valence-electron chi connectivity index (χ1n) is 2.97. The average Bonchev–Trinajstić information content (AvgIpc) is 1.81. The van der Waals surface area contributed by atoms with Crippen LogP contribution in [0, 0.1) is 0 Å². The van der Waals surface area contributed by atoms with Crippen LogP contribution in [0.5, 0.6) is 0 Å². The molecule has 0 saturated carbocycles. The third kappa shape index (κ3) is 5.34. The molecule has 0 amide bonds. The van der Waals surface area contributed by atoms with Crippen molar-refractivity contribution in [2.24, 2.45) is 0 Å². The molecule has 0 aliphatic heterocycles. The van der Waals surface area contributed by atoms with Crippen LogP contribution < -0.4 is 10.6 Å². The van der Waals surface area contributed by atoms with E-state index in [4.69, 9.17) is 0 Å². The summed E-state index contributed by atoms with van der Waals surface area (Å²) >= 11 is 0. The van der Waals surface area contributed by atoms with Gasteiger partial charge in [0.15, 0.2) is 0 Å². The van der Waals surface area contributed by atoms with Crippen LogP contribution in [-0.2, 0) is 0 Å². The molecule has 0 atom stereocenters. The van der Waals surface area contributed by atoms with E-state index in [1.807, 2.05) is 19.4 Å². The molecule has 0 fully saturated rings. The van der Waals surface area contributed by atoms with E-state index >= 15 is 0 Å². The maximum absolute atomic E-state index is 3.09. The predicted octanol–water partition coefficient (Wildman–Crippen LogP) is 0.677. The Balaban J connectivity index is 2.80. The first-order valence-corrected chi connectivity index (χ1v) is 2.97. The Morgan fingerprint density at radius 2 is 2.12 bits per heavy atom. The van der Waals surface area contributed by atoms with Gasteiger partial charge in [0.1, 0.15) is 0 Å². The lowest BCUT2D eigenvalue weighted by atomic mass is 10.5. The second kappa shape index (κ2) is 6.34. The standard InChI is InChI=1S/C6H14N2/c1-3-4-8-6-5-7-2/h5-8H,3-4H2,1-2H3/b6-5-. The molecule has 2 nitrogen and oxygen atoms in total. The van der Waals surface area contributed by atoms with Crippen LogP contribution in [-0.4, -0.2) is 13.6 Å². The average molecular weight is 114 g/mol. The van der Waals surface area contributed by atoms with Gasteiger partial charge >= 0.3 is 0 Å². The highest BCUT2D eigenvalue weighted by Crippen LogP contribution is 1.67. The zero-order valence-electron chi connectivity index (χ0n) is 5.57. The molecule has 0 aromatic rings. The Hall–Kier alpha value is -0.660. The van der Waals surface area contributed by atoms with Gasteiger partial charge in [-0.2, -0.15) is 0 Å².